The highest BCUT2D eigenvalue weighted by Crippen LogP contribution is 2.29. The number of hydrogen-bond donors (Lipinski definition) is 1. The quantitative estimate of drug-likeness (QED) is 0.500. The minimum Gasteiger partial charge on any atom is -0.493 e. The molecule has 33 heavy (non-hydrogen) atoms. The Morgan fingerprint density at radius 1 is 1.15 bits per heavy atom. The molecule has 1 atom stereocenters. The highest BCUT2D eigenvalue weighted by molar-refractivity contribution is 5.76. The van der Waals surface area contributed by atoms with Gasteiger partial charge in [0.1, 0.15) is 6.61 Å². The van der Waals surface area contributed by atoms with Crippen LogP contribution in [0.1, 0.15) is 36.3 Å². The van der Waals surface area contributed by atoms with Gasteiger partial charge in [0.2, 0.25) is 17.7 Å². The summed E-state index contributed by atoms with van der Waals surface area (Å²) in [6, 6.07) is 13.5. The number of rotatable bonds is 10. The van der Waals surface area contributed by atoms with Gasteiger partial charge in [-0.05, 0) is 49.6 Å². The molecule has 1 unspecified atom stereocenters. The number of aryl methyl sites for hydroxylation is 2. The maximum Gasteiger partial charge on any atom is 0.247 e. The summed E-state index contributed by atoms with van der Waals surface area (Å²) in [5.74, 6) is 2.11. The monoisotopic (exact) mass is 451 g/mol. The zero-order valence-electron chi connectivity index (χ0n) is 19.0. The predicted octanol–water partition coefficient (Wildman–Crippen LogP) is 3.86. The van der Waals surface area contributed by atoms with E-state index in [2.05, 4.69) is 15.5 Å². The average molecular weight is 452 g/mol. The van der Waals surface area contributed by atoms with Crippen molar-refractivity contribution < 1.29 is 23.4 Å². The number of nitrogens with one attached hydrogen (secondary N) is 1. The molecule has 0 spiro atoms. The second-order valence-electron chi connectivity index (χ2n) is 8.07. The molecule has 8 heteroatoms. The lowest BCUT2D eigenvalue weighted by molar-refractivity contribution is -0.121. The molecule has 1 aliphatic heterocycles. The van der Waals surface area contributed by atoms with E-state index in [0.717, 1.165) is 36.1 Å². The molecular weight excluding hydrogens is 422 g/mol. The van der Waals surface area contributed by atoms with Crippen molar-refractivity contribution in [3.05, 3.63) is 59.5 Å². The highest BCUT2D eigenvalue weighted by Gasteiger charge is 2.17. The van der Waals surface area contributed by atoms with Gasteiger partial charge in [-0.3, -0.25) is 4.79 Å². The normalized spacial score (nSPS) is 15.4. The SMILES string of the molecule is COc1cc(CNC(=O)CCc2nnc(-c3ccc(C)cc3)o2)ccc1OCC1CCCO1. The van der Waals surface area contributed by atoms with Crippen LogP contribution in [0.5, 0.6) is 11.5 Å². The Kier molecular flexibility index (Phi) is 7.57. The number of carbonyl (C=O) groups excluding carboxylic acids is 1. The molecule has 1 N–H and O–H groups in total. The largest absolute Gasteiger partial charge is 0.493 e. The summed E-state index contributed by atoms with van der Waals surface area (Å²) in [4.78, 5) is 12.3. The lowest BCUT2D eigenvalue weighted by Gasteiger charge is -2.15. The summed E-state index contributed by atoms with van der Waals surface area (Å²) >= 11 is 0. The molecule has 8 nitrogen and oxygen atoms in total. The third-order valence-corrected chi connectivity index (χ3v) is 5.50. The highest BCUT2D eigenvalue weighted by atomic mass is 16.5. The molecule has 4 rings (SSSR count). The Morgan fingerprint density at radius 2 is 2.00 bits per heavy atom. The van der Waals surface area contributed by atoms with Gasteiger partial charge in [-0.2, -0.15) is 0 Å². The molecule has 2 heterocycles. The van der Waals surface area contributed by atoms with Crippen molar-refractivity contribution in [1.82, 2.24) is 15.5 Å². The summed E-state index contributed by atoms with van der Waals surface area (Å²) in [7, 11) is 1.60. The van der Waals surface area contributed by atoms with Crippen LogP contribution in [0, 0.1) is 6.92 Å². The molecule has 1 aromatic heterocycles. The van der Waals surface area contributed by atoms with Gasteiger partial charge in [0, 0.05) is 31.6 Å². The smallest absolute Gasteiger partial charge is 0.247 e. The Hall–Kier alpha value is -3.39. The average Bonchev–Trinajstić information content (AvgIpc) is 3.53. The standard InChI is InChI=1S/C25H29N3O5/c1-17-5-8-19(9-6-17)25-28-27-24(33-25)12-11-23(29)26-15-18-7-10-21(22(14-18)30-2)32-16-20-4-3-13-31-20/h5-10,14,20H,3-4,11-13,15-16H2,1-2H3,(H,26,29). The van der Waals surface area contributed by atoms with E-state index in [4.69, 9.17) is 18.6 Å². The van der Waals surface area contributed by atoms with Crippen molar-refractivity contribution in [2.45, 2.75) is 45.3 Å². The molecule has 0 bridgehead atoms. The molecule has 1 saturated heterocycles. The molecule has 174 valence electrons. The number of methoxy groups -OCH3 is 1. The fraction of sp³-hybridized carbons (Fsp3) is 0.400. The van der Waals surface area contributed by atoms with Gasteiger partial charge in [-0.1, -0.05) is 23.8 Å². The van der Waals surface area contributed by atoms with Gasteiger partial charge >= 0.3 is 0 Å². The summed E-state index contributed by atoms with van der Waals surface area (Å²) in [5.41, 5.74) is 2.94. The molecule has 2 aromatic carbocycles. The molecule has 0 aliphatic carbocycles. The van der Waals surface area contributed by atoms with Crippen molar-refractivity contribution in [2.75, 3.05) is 20.3 Å². The van der Waals surface area contributed by atoms with E-state index in [1.165, 1.54) is 0 Å². The third-order valence-electron chi connectivity index (χ3n) is 5.50. The van der Waals surface area contributed by atoms with E-state index in [-0.39, 0.29) is 18.4 Å². The fourth-order valence-electron chi connectivity index (χ4n) is 3.58. The first-order chi connectivity index (χ1) is 16.1. The van der Waals surface area contributed by atoms with Crippen LogP contribution in [0.2, 0.25) is 0 Å². The van der Waals surface area contributed by atoms with E-state index < -0.39 is 0 Å². The Morgan fingerprint density at radius 3 is 2.76 bits per heavy atom. The van der Waals surface area contributed by atoms with Gasteiger partial charge in [0.25, 0.3) is 0 Å². The number of amides is 1. The van der Waals surface area contributed by atoms with Crippen LogP contribution in [0.15, 0.2) is 46.9 Å². The second-order valence-corrected chi connectivity index (χ2v) is 8.07. The topological polar surface area (TPSA) is 95.7 Å². The Bertz CT molecular complexity index is 1060. The van der Waals surface area contributed by atoms with Crippen LogP contribution in [-0.2, 0) is 22.5 Å². The van der Waals surface area contributed by atoms with Crippen molar-refractivity contribution in [3.8, 4) is 23.0 Å². The van der Waals surface area contributed by atoms with E-state index in [1.807, 2.05) is 49.4 Å². The Labute approximate surface area is 193 Å². The van der Waals surface area contributed by atoms with Gasteiger partial charge in [0.15, 0.2) is 11.5 Å². The van der Waals surface area contributed by atoms with Gasteiger partial charge in [0.05, 0.1) is 13.2 Å². The molecule has 1 fully saturated rings. The van der Waals surface area contributed by atoms with Crippen LogP contribution < -0.4 is 14.8 Å². The first-order valence-corrected chi connectivity index (χ1v) is 11.2. The lowest BCUT2D eigenvalue weighted by atomic mass is 10.1. The maximum atomic E-state index is 12.3. The zero-order valence-corrected chi connectivity index (χ0v) is 19.0. The Balaban J connectivity index is 1.24. The van der Waals surface area contributed by atoms with E-state index in [0.29, 0.717) is 42.9 Å². The molecule has 1 amide bonds. The number of hydrogen-bond acceptors (Lipinski definition) is 7. The van der Waals surface area contributed by atoms with Gasteiger partial charge < -0.3 is 23.9 Å². The van der Waals surface area contributed by atoms with Crippen LogP contribution in [-0.4, -0.2) is 42.5 Å². The first kappa shape index (κ1) is 22.8. The summed E-state index contributed by atoms with van der Waals surface area (Å²) in [5, 5.41) is 11.0. The second kappa shape index (κ2) is 11.0. The number of benzene rings is 2. The van der Waals surface area contributed by atoms with Crippen molar-refractivity contribution in [2.24, 2.45) is 0 Å². The number of carbonyl (C=O) groups is 1. The summed E-state index contributed by atoms with van der Waals surface area (Å²) < 4.78 is 22.6. The van der Waals surface area contributed by atoms with E-state index in [9.17, 15) is 4.79 Å². The van der Waals surface area contributed by atoms with E-state index in [1.54, 1.807) is 7.11 Å². The fourth-order valence-corrected chi connectivity index (χ4v) is 3.58. The van der Waals surface area contributed by atoms with Gasteiger partial charge in [-0.15, -0.1) is 10.2 Å². The first-order valence-electron chi connectivity index (χ1n) is 11.2. The van der Waals surface area contributed by atoms with Crippen LogP contribution in [0.3, 0.4) is 0 Å². The minimum atomic E-state index is -0.0947. The molecular formula is C25H29N3O5. The molecule has 1 aliphatic rings. The van der Waals surface area contributed by atoms with Crippen LogP contribution in [0.25, 0.3) is 11.5 Å². The molecule has 0 radical (unpaired) electrons. The third kappa shape index (κ3) is 6.32. The van der Waals surface area contributed by atoms with Crippen LogP contribution in [0.4, 0.5) is 0 Å². The minimum absolute atomic E-state index is 0.0947. The van der Waals surface area contributed by atoms with Crippen LogP contribution >= 0.6 is 0 Å². The van der Waals surface area contributed by atoms with Crippen molar-refractivity contribution in [3.63, 3.8) is 0 Å². The van der Waals surface area contributed by atoms with Gasteiger partial charge in [-0.25, -0.2) is 0 Å². The zero-order chi connectivity index (χ0) is 23.0. The summed E-state index contributed by atoms with van der Waals surface area (Å²) in [6.45, 7) is 3.71. The van der Waals surface area contributed by atoms with Crippen molar-refractivity contribution in [1.29, 1.82) is 0 Å². The maximum absolute atomic E-state index is 12.3. The number of aromatic nitrogens is 2. The van der Waals surface area contributed by atoms with E-state index >= 15 is 0 Å². The molecule has 3 aromatic rings. The molecule has 0 saturated carbocycles. The lowest BCUT2D eigenvalue weighted by Crippen LogP contribution is -2.23. The van der Waals surface area contributed by atoms with Crippen molar-refractivity contribution >= 4 is 5.91 Å². The predicted molar refractivity (Wildman–Crippen MR) is 122 cm³/mol. The number of ether oxygens (including phenoxy) is 3. The summed E-state index contributed by atoms with van der Waals surface area (Å²) in [6.07, 6.45) is 2.87. The number of nitrogens with zero attached hydrogens (tertiary/aromatic N) is 2.